The Bertz CT molecular complexity index is 590. The van der Waals surface area contributed by atoms with Crippen molar-refractivity contribution < 1.29 is 19.0 Å². The SMILES string of the molecule is CC(C)(O)[C@H](F)CN(Cc1ccccc1)Cc1ccccc1.NC[C@@H](F)CO. The Hall–Kier alpha value is -1.86. The average molecular weight is 395 g/mol. The van der Waals surface area contributed by atoms with E-state index in [2.05, 4.69) is 0 Å². The molecule has 2 aromatic carbocycles. The molecule has 0 amide bonds. The van der Waals surface area contributed by atoms with Crippen molar-refractivity contribution in [3.8, 4) is 0 Å². The normalized spacial score (nSPS) is 13.6. The number of hydrogen-bond acceptors (Lipinski definition) is 4. The van der Waals surface area contributed by atoms with Gasteiger partial charge in [-0.25, -0.2) is 8.78 Å². The lowest BCUT2D eigenvalue weighted by molar-refractivity contribution is -0.0207. The van der Waals surface area contributed by atoms with Gasteiger partial charge in [0.25, 0.3) is 0 Å². The van der Waals surface area contributed by atoms with Gasteiger partial charge in [0.1, 0.15) is 12.3 Å². The molecular weight excluding hydrogens is 362 g/mol. The van der Waals surface area contributed by atoms with Crippen molar-refractivity contribution in [1.82, 2.24) is 4.90 Å². The Morgan fingerprint density at radius 1 is 0.929 bits per heavy atom. The van der Waals surface area contributed by atoms with Crippen molar-refractivity contribution in [2.45, 2.75) is 44.9 Å². The van der Waals surface area contributed by atoms with Crippen LogP contribution in [0.2, 0.25) is 0 Å². The van der Waals surface area contributed by atoms with Crippen molar-refractivity contribution in [2.24, 2.45) is 5.73 Å². The van der Waals surface area contributed by atoms with Crippen LogP contribution < -0.4 is 5.73 Å². The zero-order chi connectivity index (χ0) is 21.0. The second kappa shape index (κ2) is 12.6. The summed E-state index contributed by atoms with van der Waals surface area (Å²) in [5.74, 6) is 0. The van der Waals surface area contributed by atoms with Crippen molar-refractivity contribution in [3.63, 3.8) is 0 Å². The third-order valence-electron chi connectivity index (χ3n) is 4.14. The third-order valence-corrected chi connectivity index (χ3v) is 4.14. The van der Waals surface area contributed by atoms with E-state index in [1.165, 1.54) is 13.8 Å². The van der Waals surface area contributed by atoms with Gasteiger partial charge in [0.15, 0.2) is 0 Å². The highest BCUT2D eigenvalue weighted by Crippen LogP contribution is 2.17. The molecule has 2 atom stereocenters. The standard InChI is InChI=1S/C19H24FNO.C3H8FNO/c1-19(2,22)18(20)15-21(13-16-9-5-3-6-10-16)14-17-11-7-4-8-12-17;4-3(1-5)2-6/h3-12,18,22H,13-15H2,1-2H3;3,6H,1-2,5H2/t18-;3-/m11/s1. The molecule has 28 heavy (non-hydrogen) atoms. The van der Waals surface area contributed by atoms with Gasteiger partial charge in [-0.3, -0.25) is 4.90 Å². The number of alkyl halides is 2. The largest absolute Gasteiger partial charge is 0.393 e. The Kier molecular flexibility index (Phi) is 10.9. The quantitative estimate of drug-likeness (QED) is 0.611. The van der Waals surface area contributed by atoms with Crippen LogP contribution in [0.25, 0.3) is 0 Å². The molecule has 0 saturated carbocycles. The highest BCUT2D eigenvalue weighted by Gasteiger charge is 2.28. The summed E-state index contributed by atoms with van der Waals surface area (Å²) in [5, 5.41) is 17.7. The van der Waals surface area contributed by atoms with Crippen molar-refractivity contribution in [3.05, 3.63) is 71.8 Å². The van der Waals surface area contributed by atoms with Crippen LogP contribution in [-0.2, 0) is 13.1 Å². The lowest BCUT2D eigenvalue weighted by Crippen LogP contribution is -2.41. The van der Waals surface area contributed by atoms with Crippen LogP contribution in [0.4, 0.5) is 8.78 Å². The fraction of sp³-hybridized carbons (Fsp3) is 0.455. The molecule has 4 nitrogen and oxygen atoms in total. The summed E-state index contributed by atoms with van der Waals surface area (Å²) in [6, 6.07) is 20.0. The first-order chi connectivity index (χ1) is 13.3. The molecule has 2 aromatic rings. The first-order valence-corrected chi connectivity index (χ1v) is 9.38. The number of aliphatic hydroxyl groups is 2. The summed E-state index contributed by atoms with van der Waals surface area (Å²) in [5.41, 5.74) is 5.70. The van der Waals surface area contributed by atoms with Crippen LogP contribution in [-0.4, -0.2) is 52.8 Å². The molecule has 156 valence electrons. The summed E-state index contributed by atoms with van der Waals surface area (Å²) < 4.78 is 25.8. The maximum Gasteiger partial charge on any atom is 0.141 e. The topological polar surface area (TPSA) is 69.7 Å². The Morgan fingerprint density at radius 3 is 1.64 bits per heavy atom. The lowest BCUT2D eigenvalue weighted by atomic mass is 10.0. The van der Waals surface area contributed by atoms with Crippen molar-refractivity contribution in [1.29, 1.82) is 0 Å². The van der Waals surface area contributed by atoms with Crippen LogP contribution in [0, 0.1) is 0 Å². The molecule has 0 aliphatic heterocycles. The summed E-state index contributed by atoms with van der Waals surface area (Å²) in [6.45, 7) is 4.00. The van der Waals surface area contributed by atoms with Gasteiger partial charge in [-0.2, -0.15) is 0 Å². The first-order valence-electron chi connectivity index (χ1n) is 9.38. The van der Waals surface area contributed by atoms with E-state index in [4.69, 9.17) is 10.8 Å². The highest BCUT2D eigenvalue weighted by atomic mass is 19.1. The molecular formula is C22H32F2N2O2. The molecule has 0 fully saturated rings. The van der Waals surface area contributed by atoms with E-state index in [0.29, 0.717) is 13.1 Å². The molecule has 0 aliphatic carbocycles. The maximum absolute atomic E-state index is 14.3. The van der Waals surface area contributed by atoms with E-state index < -0.39 is 24.6 Å². The summed E-state index contributed by atoms with van der Waals surface area (Å²) in [4.78, 5) is 2.04. The second-order valence-electron chi connectivity index (χ2n) is 7.28. The number of halogens is 2. The number of hydrogen-bond donors (Lipinski definition) is 3. The van der Waals surface area contributed by atoms with Gasteiger partial charge in [-0.15, -0.1) is 0 Å². The van der Waals surface area contributed by atoms with Gasteiger partial charge < -0.3 is 15.9 Å². The monoisotopic (exact) mass is 394 g/mol. The molecule has 0 spiro atoms. The molecule has 4 N–H and O–H groups in total. The number of nitrogens with two attached hydrogens (primary N) is 1. The molecule has 0 unspecified atom stereocenters. The van der Waals surface area contributed by atoms with Crippen LogP contribution in [0.1, 0.15) is 25.0 Å². The highest BCUT2D eigenvalue weighted by molar-refractivity contribution is 5.17. The average Bonchev–Trinajstić information content (AvgIpc) is 2.68. The van der Waals surface area contributed by atoms with Crippen molar-refractivity contribution >= 4 is 0 Å². The number of nitrogens with zero attached hydrogens (tertiary/aromatic N) is 1. The van der Waals surface area contributed by atoms with Crippen LogP contribution >= 0.6 is 0 Å². The molecule has 0 saturated heterocycles. The smallest absolute Gasteiger partial charge is 0.141 e. The Morgan fingerprint density at radius 2 is 1.36 bits per heavy atom. The minimum absolute atomic E-state index is 0.0868. The van der Waals surface area contributed by atoms with Gasteiger partial charge >= 0.3 is 0 Å². The zero-order valence-corrected chi connectivity index (χ0v) is 16.6. The molecule has 0 aliphatic rings. The lowest BCUT2D eigenvalue weighted by Gasteiger charge is -2.29. The molecule has 0 bridgehead atoms. The fourth-order valence-corrected chi connectivity index (χ4v) is 2.39. The molecule has 6 heteroatoms. The van der Waals surface area contributed by atoms with Gasteiger partial charge in [0, 0.05) is 26.2 Å². The number of benzene rings is 2. The van der Waals surface area contributed by atoms with Crippen LogP contribution in [0.5, 0.6) is 0 Å². The molecule has 0 aromatic heterocycles. The van der Waals surface area contributed by atoms with E-state index in [-0.39, 0.29) is 13.1 Å². The summed E-state index contributed by atoms with van der Waals surface area (Å²) >= 11 is 0. The first kappa shape index (κ1) is 24.2. The van der Waals surface area contributed by atoms with E-state index in [1.54, 1.807) is 0 Å². The van der Waals surface area contributed by atoms with Gasteiger partial charge in [-0.05, 0) is 25.0 Å². The minimum Gasteiger partial charge on any atom is -0.393 e. The molecule has 0 heterocycles. The Balaban J connectivity index is 0.000000568. The van der Waals surface area contributed by atoms with Crippen molar-refractivity contribution in [2.75, 3.05) is 19.7 Å². The molecule has 2 rings (SSSR count). The van der Waals surface area contributed by atoms with E-state index in [9.17, 15) is 13.9 Å². The maximum atomic E-state index is 14.3. The van der Waals surface area contributed by atoms with Crippen LogP contribution in [0.15, 0.2) is 60.7 Å². The van der Waals surface area contributed by atoms with E-state index in [1.807, 2.05) is 65.6 Å². The predicted octanol–water partition coefficient (Wildman–Crippen LogP) is 3.07. The summed E-state index contributed by atoms with van der Waals surface area (Å²) in [6.07, 6.45) is -2.52. The number of rotatable bonds is 9. The van der Waals surface area contributed by atoms with Gasteiger partial charge in [-0.1, -0.05) is 60.7 Å². The third kappa shape index (κ3) is 9.90. The van der Waals surface area contributed by atoms with Crippen LogP contribution in [0.3, 0.4) is 0 Å². The summed E-state index contributed by atoms with van der Waals surface area (Å²) in [7, 11) is 0. The predicted molar refractivity (Wildman–Crippen MR) is 109 cm³/mol. The molecule has 0 radical (unpaired) electrons. The zero-order valence-electron chi connectivity index (χ0n) is 16.6. The van der Waals surface area contributed by atoms with Gasteiger partial charge in [0.2, 0.25) is 0 Å². The van der Waals surface area contributed by atoms with E-state index >= 15 is 0 Å². The van der Waals surface area contributed by atoms with Gasteiger partial charge in [0.05, 0.1) is 12.2 Å². The Labute approximate surface area is 166 Å². The minimum atomic E-state index is -1.33. The van der Waals surface area contributed by atoms with E-state index in [0.717, 1.165) is 11.1 Å². The fourth-order valence-electron chi connectivity index (χ4n) is 2.39. The number of aliphatic hydroxyl groups excluding tert-OH is 1. The second-order valence-corrected chi connectivity index (χ2v) is 7.28.